The summed E-state index contributed by atoms with van der Waals surface area (Å²) >= 11 is 1.39. The maximum absolute atomic E-state index is 12.4. The molecule has 0 unspecified atom stereocenters. The van der Waals surface area contributed by atoms with Crippen LogP contribution in [-0.2, 0) is 20.9 Å². The summed E-state index contributed by atoms with van der Waals surface area (Å²) in [5.41, 5.74) is 2.50. The number of amides is 1. The van der Waals surface area contributed by atoms with E-state index < -0.39 is 5.97 Å². The highest BCUT2D eigenvalue weighted by molar-refractivity contribution is 7.16. The second-order valence-corrected chi connectivity index (χ2v) is 7.85. The van der Waals surface area contributed by atoms with Gasteiger partial charge >= 0.3 is 5.97 Å². The minimum Gasteiger partial charge on any atom is -0.462 e. The first-order valence-electron chi connectivity index (χ1n) is 9.85. The van der Waals surface area contributed by atoms with E-state index in [1.807, 2.05) is 60.7 Å². The van der Waals surface area contributed by atoms with Gasteiger partial charge in [0, 0.05) is 10.8 Å². The Morgan fingerprint density at radius 3 is 2.37 bits per heavy atom. The molecule has 3 aromatic rings. The Bertz CT molecular complexity index is 969. The van der Waals surface area contributed by atoms with Crippen molar-refractivity contribution in [3.8, 4) is 0 Å². The van der Waals surface area contributed by atoms with Gasteiger partial charge in [-0.05, 0) is 24.1 Å². The Labute approximate surface area is 180 Å². The highest BCUT2D eigenvalue weighted by Gasteiger charge is 2.22. The average molecular weight is 424 g/mol. The van der Waals surface area contributed by atoms with Gasteiger partial charge in [0.1, 0.15) is 11.6 Å². The van der Waals surface area contributed by atoms with E-state index in [4.69, 9.17) is 9.47 Å². The number of anilines is 1. The second-order valence-electron chi connectivity index (χ2n) is 6.77. The van der Waals surface area contributed by atoms with Gasteiger partial charge in [-0.1, -0.05) is 67.6 Å². The van der Waals surface area contributed by atoms with Crippen LogP contribution >= 0.6 is 11.3 Å². The monoisotopic (exact) mass is 423 g/mol. The third-order valence-corrected chi connectivity index (χ3v) is 5.80. The van der Waals surface area contributed by atoms with Gasteiger partial charge in [0.15, 0.2) is 0 Å². The maximum atomic E-state index is 12.4. The molecule has 0 saturated carbocycles. The van der Waals surface area contributed by atoms with E-state index in [9.17, 15) is 9.59 Å². The van der Waals surface area contributed by atoms with Crippen LogP contribution in [0.3, 0.4) is 0 Å². The zero-order chi connectivity index (χ0) is 21.3. The van der Waals surface area contributed by atoms with Crippen molar-refractivity contribution in [1.82, 2.24) is 0 Å². The summed E-state index contributed by atoms with van der Waals surface area (Å²) in [6.07, 6.45) is 0. The van der Waals surface area contributed by atoms with Crippen LogP contribution < -0.4 is 5.32 Å². The Morgan fingerprint density at radius 2 is 1.70 bits per heavy atom. The molecule has 6 heteroatoms. The molecule has 0 radical (unpaired) electrons. The summed E-state index contributed by atoms with van der Waals surface area (Å²) in [5, 5.41) is 3.30. The van der Waals surface area contributed by atoms with Crippen LogP contribution in [-0.4, -0.2) is 25.1 Å². The minimum absolute atomic E-state index is 0.0874. The van der Waals surface area contributed by atoms with E-state index in [1.54, 1.807) is 13.0 Å². The summed E-state index contributed by atoms with van der Waals surface area (Å²) in [6, 6.07) is 21.5. The van der Waals surface area contributed by atoms with E-state index in [2.05, 4.69) is 12.2 Å². The molecule has 1 amide bonds. The zero-order valence-electron chi connectivity index (χ0n) is 17.1. The number of carbonyl (C=O) groups is 2. The molecule has 0 aliphatic carbocycles. The third-order valence-electron chi connectivity index (χ3n) is 4.57. The molecule has 0 spiro atoms. The third kappa shape index (κ3) is 5.78. The number of esters is 1. The number of ether oxygens (including phenoxy) is 2. The van der Waals surface area contributed by atoms with Crippen LogP contribution in [0.15, 0.2) is 66.7 Å². The van der Waals surface area contributed by atoms with Gasteiger partial charge in [0.05, 0.1) is 18.8 Å². The van der Waals surface area contributed by atoms with Crippen molar-refractivity contribution in [3.63, 3.8) is 0 Å². The fourth-order valence-corrected chi connectivity index (χ4v) is 4.12. The van der Waals surface area contributed by atoms with Crippen molar-refractivity contribution in [1.29, 1.82) is 0 Å². The molecule has 1 N–H and O–H groups in total. The molecule has 0 fully saturated rings. The van der Waals surface area contributed by atoms with Crippen molar-refractivity contribution in [2.75, 3.05) is 18.5 Å². The van der Waals surface area contributed by atoms with Crippen LogP contribution in [0.25, 0.3) is 0 Å². The Hall–Kier alpha value is -2.96. The predicted molar refractivity (Wildman–Crippen MR) is 119 cm³/mol. The number of carbonyl (C=O) groups excluding carboxylic acids is 2. The van der Waals surface area contributed by atoms with Crippen LogP contribution in [0.2, 0.25) is 0 Å². The van der Waals surface area contributed by atoms with Crippen molar-refractivity contribution >= 4 is 28.2 Å². The molecule has 1 heterocycles. The highest BCUT2D eigenvalue weighted by Crippen LogP contribution is 2.36. The SMILES string of the molecule is CCOC(=O)c1cc([C@@H](C)c2ccccc2)sc1NC(=O)COCc1ccccc1. The van der Waals surface area contributed by atoms with Gasteiger partial charge in [-0.3, -0.25) is 4.79 Å². The number of rotatable bonds is 9. The van der Waals surface area contributed by atoms with E-state index in [0.717, 1.165) is 16.0 Å². The second kappa shape index (κ2) is 10.7. The molecule has 0 saturated heterocycles. The summed E-state index contributed by atoms with van der Waals surface area (Å²) in [5.74, 6) is -0.664. The molecular formula is C24H25NO4S. The molecule has 0 aliphatic heterocycles. The molecule has 156 valence electrons. The highest BCUT2D eigenvalue weighted by atomic mass is 32.1. The minimum atomic E-state index is -0.444. The number of hydrogen-bond donors (Lipinski definition) is 1. The quantitative estimate of drug-likeness (QED) is 0.479. The van der Waals surface area contributed by atoms with Crippen molar-refractivity contribution < 1.29 is 19.1 Å². The smallest absolute Gasteiger partial charge is 0.341 e. The molecule has 2 aromatic carbocycles. The molecule has 5 nitrogen and oxygen atoms in total. The first kappa shape index (κ1) is 21.7. The van der Waals surface area contributed by atoms with Crippen LogP contribution in [0.1, 0.15) is 46.1 Å². The van der Waals surface area contributed by atoms with Gasteiger partial charge < -0.3 is 14.8 Å². The molecular weight excluding hydrogens is 398 g/mol. The van der Waals surface area contributed by atoms with E-state index in [-0.39, 0.29) is 25.0 Å². The average Bonchev–Trinajstić information content (AvgIpc) is 3.18. The molecule has 30 heavy (non-hydrogen) atoms. The number of nitrogens with one attached hydrogen (secondary N) is 1. The predicted octanol–water partition coefficient (Wildman–Crippen LogP) is 5.23. The lowest BCUT2D eigenvalue weighted by molar-refractivity contribution is -0.120. The van der Waals surface area contributed by atoms with Gasteiger partial charge in [-0.25, -0.2) is 4.79 Å². The lowest BCUT2D eigenvalue weighted by Gasteiger charge is -2.09. The van der Waals surface area contributed by atoms with Gasteiger partial charge in [-0.2, -0.15) is 0 Å². The van der Waals surface area contributed by atoms with E-state index >= 15 is 0 Å². The van der Waals surface area contributed by atoms with Crippen molar-refractivity contribution in [2.45, 2.75) is 26.4 Å². The first-order chi connectivity index (χ1) is 14.6. The molecule has 1 aromatic heterocycles. The molecule has 0 bridgehead atoms. The first-order valence-corrected chi connectivity index (χ1v) is 10.7. The fraction of sp³-hybridized carbons (Fsp3) is 0.250. The van der Waals surface area contributed by atoms with Crippen molar-refractivity contribution in [2.24, 2.45) is 0 Å². The lowest BCUT2D eigenvalue weighted by atomic mass is 9.99. The topological polar surface area (TPSA) is 64.6 Å². The van der Waals surface area contributed by atoms with Crippen LogP contribution in [0.5, 0.6) is 0 Å². The largest absolute Gasteiger partial charge is 0.462 e. The fourth-order valence-electron chi connectivity index (χ4n) is 2.98. The maximum Gasteiger partial charge on any atom is 0.341 e. The normalized spacial score (nSPS) is 11.7. The van der Waals surface area contributed by atoms with Gasteiger partial charge in [0.2, 0.25) is 0 Å². The van der Waals surface area contributed by atoms with Gasteiger partial charge in [0.25, 0.3) is 5.91 Å². The summed E-state index contributed by atoms with van der Waals surface area (Å²) in [6.45, 7) is 4.35. The van der Waals surface area contributed by atoms with Crippen LogP contribution in [0.4, 0.5) is 5.00 Å². The van der Waals surface area contributed by atoms with E-state index in [0.29, 0.717) is 17.2 Å². The zero-order valence-corrected chi connectivity index (χ0v) is 17.9. The Balaban J connectivity index is 1.70. The molecule has 1 atom stereocenters. The van der Waals surface area contributed by atoms with E-state index in [1.165, 1.54) is 11.3 Å². The standard InChI is InChI=1S/C24H25NO4S/c1-3-29-24(27)20-14-21(17(2)19-12-8-5-9-13-19)30-23(20)25-22(26)16-28-15-18-10-6-4-7-11-18/h4-14,17H,3,15-16H2,1-2H3,(H,25,26)/t17-/m0/s1. The Morgan fingerprint density at radius 1 is 1.03 bits per heavy atom. The molecule has 3 rings (SSSR count). The number of benzene rings is 2. The molecule has 0 aliphatic rings. The number of thiophene rings is 1. The van der Waals surface area contributed by atoms with Crippen LogP contribution in [0, 0.1) is 0 Å². The van der Waals surface area contributed by atoms with Crippen molar-refractivity contribution in [3.05, 3.63) is 88.3 Å². The summed E-state index contributed by atoms with van der Waals surface area (Å²) in [4.78, 5) is 25.8. The summed E-state index contributed by atoms with van der Waals surface area (Å²) in [7, 11) is 0. The Kier molecular flexibility index (Phi) is 7.76. The number of hydrogen-bond acceptors (Lipinski definition) is 5. The lowest BCUT2D eigenvalue weighted by Crippen LogP contribution is -2.19. The van der Waals surface area contributed by atoms with Gasteiger partial charge in [-0.15, -0.1) is 11.3 Å². The summed E-state index contributed by atoms with van der Waals surface area (Å²) < 4.78 is 10.7.